The van der Waals surface area contributed by atoms with Gasteiger partial charge >= 0.3 is 0 Å². The number of nitrogens with zero attached hydrogens (tertiary/aromatic N) is 6. The van der Waals surface area contributed by atoms with Gasteiger partial charge in [0.15, 0.2) is 17.3 Å². The average molecular weight is 538 g/mol. The standard InChI is InChI=1S/C24H23N7O4S2/c1-12(2)7-19-29-31-21(25)16(22(33)27-24(31)37-19)8-14-5-6-17(18(9-14)34-4)35-11-15-10-20(32)30-23(26-15)36-13(3)28-30/h5-6,8-10,12,25H,7,11H2,1-4H3/b16-8+,25-21?. The molecule has 1 amide bonds. The summed E-state index contributed by atoms with van der Waals surface area (Å²) in [6.07, 6.45) is 2.34. The van der Waals surface area contributed by atoms with Crippen molar-refractivity contribution in [2.75, 3.05) is 7.11 Å². The van der Waals surface area contributed by atoms with Gasteiger partial charge in [0.25, 0.3) is 11.5 Å². The third-order valence-electron chi connectivity index (χ3n) is 5.35. The summed E-state index contributed by atoms with van der Waals surface area (Å²) in [7, 11) is 1.51. The fourth-order valence-electron chi connectivity index (χ4n) is 3.70. The molecule has 0 atom stereocenters. The Kier molecular flexibility index (Phi) is 6.65. The van der Waals surface area contributed by atoms with Crippen molar-refractivity contribution in [3.05, 3.63) is 56.5 Å². The van der Waals surface area contributed by atoms with Crippen molar-refractivity contribution in [3.63, 3.8) is 0 Å². The third-order valence-corrected chi connectivity index (χ3v) is 7.11. The molecule has 1 N–H and O–H groups in total. The molecule has 11 nitrogen and oxygen atoms in total. The summed E-state index contributed by atoms with van der Waals surface area (Å²) >= 11 is 2.65. The van der Waals surface area contributed by atoms with Gasteiger partial charge in [0.1, 0.15) is 16.7 Å². The van der Waals surface area contributed by atoms with Crippen LogP contribution in [0.3, 0.4) is 0 Å². The number of ether oxygens (including phenoxy) is 2. The van der Waals surface area contributed by atoms with E-state index < -0.39 is 5.91 Å². The number of hydrogen-bond acceptors (Lipinski definition) is 10. The number of aromatic nitrogens is 3. The molecule has 2 aromatic heterocycles. The molecule has 0 fully saturated rings. The number of benzene rings is 1. The second kappa shape index (κ2) is 9.90. The van der Waals surface area contributed by atoms with Gasteiger partial charge in [0.05, 0.1) is 18.4 Å². The molecular formula is C24H23N7O4S2. The fraction of sp³-hybridized carbons (Fsp3) is 0.292. The molecule has 190 valence electrons. The molecule has 0 saturated heterocycles. The van der Waals surface area contributed by atoms with Crippen LogP contribution in [0, 0.1) is 18.3 Å². The van der Waals surface area contributed by atoms with Crippen molar-refractivity contribution >= 4 is 56.1 Å². The van der Waals surface area contributed by atoms with Crippen molar-refractivity contribution in [1.82, 2.24) is 19.6 Å². The number of fused-ring (bicyclic) bond motifs is 2. The molecule has 2 aliphatic heterocycles. The van der Waals surface area contributed by atoms with Gasteiger partial charge in [-0.15, -0.1) is 0 Å². The first-order chi connectivity index (χ1) is 17.7. The normalized spacial score (nSPS) is 16.5. The summed E-state index contributed by atoms with van der Waals surface area (Å²) in [5.41, 5.74) is 0.960. The highest BCUT2D eigenvalue weighted by atomic mass is 32.2. The lowest BCUT2D eigenvalue weighted by Crippen LogP contribution is -2.35. The van der Waals surface area contributed by atoms with Crippen molar-refractivity contribution in [2.24, 2.45) is 16.0 Å². The number of hydrogen-bond donors (Lipinski definition) is 1. The van der Waals surface area contributed by atoms with Gasteiger partial charge in [-0.05, 0) is 48.4 Å². The van der Waals surface area contributed by atoms with Crippen molar-refractivity contribution in [2.45, 2.75) is 33.8 Å². The molecule has 13 heteroatoms. The summed E-state index contributed by atoms with van der Waals surface area (Å²) in [4.78, 5) is 34.1. The van der Waals surface area contributed by atoms with Gasteiger partial charge in [-0.2, -0.15) is 24.7 Å². The van der Waals surface area contributed by atoms with E-state index in [0.29, 0.717) is 38.8 Å². The predicted octanol–water partition coefficient (Wildman–Crippen LogP) is 3.71. The highest BCUT2D eigenvalue weighted by Gasteiger charge is 2.35. The molecule has 0 saturated carbocycles. The van der Waals surface area contributed by atoms with Gasteiger partial charge in [-0.3, -0.25) is 15.0 Å². The van der Waals surface area contributed by atoms with Crippen LogP contribution in [0.15, 0.2) is 44.7 Å². The maximum atomic E-state index is 12.7. The first-order valence-electron chi connectivity index (χ1n) is 11.4. The predicted molar refractivity (Wildman–Crippen MR) is 144 cm³/mol. The summed E-state index contributed by atoms with van der Waals surface area (Å²) in [6, 6.07) is 6.53. The maximum Gasteiger partial charge on any atom is 0.283 e. The number of amidine groups is 2. The van der Waals surface area contributed by atoms with E-state index in [0.717, 1.165) is 16.5 Å². The van der Waals surface area contributed by atoms with E-state index in [2.05, 4.69) is 34.0 Å². The number of hydrazone groups is 1. The number of nitrogens with one attached hydrogen (secondary N) is 1. The molecule has 0 bridgehead atoms. The van der Waals surface area contributed by atoms with Crippen molar-refractivity contribution in [1.29, 1.82) is 5.41 Å². The van der Waals surface area contributed by atoms with Crippen LogP contribution in [0.25, 0.3) is 11.0 Å². The number of aryl methyl sites for hydroxylation is 1. The Bertz CT molecular complexity index is 1590. The Morgan fingerprint density at radius 1 is 1.19 bits per heavy atom. The van der Waals surface area contributed by atoms with Crippen LogP contribution in [0.1, 0.15) is 36.5 Å². The molecule has 0 radical (unpaired) electrons. The minimum atomic E-state index is -0.491. The Hall–Kier alpha value is -3.84. The zero-order valence-corrected chi connectivity index (χ0v) is 22.1. The molecule has 0 unspecified atom stereocenters. The number of thioether (sulfide) groups is 1. The summed E-state index contributed by atoms with van der Waals surface area (Å²) in [5, 5.41) is 20.5. The Morgan fingerprint density at radius 3 is 2.76 bits per heavy atom. The van der Waals surface area contributed by atoms with Crippen LogP contribution in [-0.4, -0.2) is 48.7 Å². The summed E-state index contributed by atoms with van der Waals surface area (Å²) in [5.74, 6) is 0.755. The molecule has 0 spiro atoms. The number of methoxy groups -OCH3 is 1. The first-order valence-corrected chi connectivity index (χ1v) is 13.0. The van der Waals surface area contributed by atoms with Crippen LogP contribution in [-0.2, 0) is 11.4 Å². The topological polar surface area (TPSA) is 135 Å². The zero-order valence-electron chi connectivity index (χ0n) is 20.5. The van der Waals surface area contributed by atoms with E-state index in [-0.39, 0.29) is 23.6 Å². The molecule has 37 heavy (non-hydrogen) atoms. The number of rotatable bonds is 7. The highest BCUT2D eigenvalue weighted by molar-refractivity contribution is 8.26. The van der Waals surface area contributed by atoms with E-state index >= 15 is 0 Å². The number of carbonyl (C=O) groups excluding carboxylic acids is 1. The minimum absolute atomic E-state index is 0.0217. The molecule has 2 aliphatic rings. The van der Waals surface area contributed by atoms with Crippen molar-refractivity contribution in [3.8, 4) is 11.5 Å². The smallest absolute Gasteiger partial charge is 0.283 e. The van der Waals surface area contributed by atoms with E-state index in [9.17, 15) is 9.59 Å². The largest absolute Gasteiger partial charge is 0.493 e. The molecular weight excluding hydrogens is 514 g/mol. The van der Waals surface area contributed by atoms with Gasteiger partial charge in [-0.1, -0.05) is 31.3 Å². The van der Waals surface area contributed by atoms with Gasteiger partial charge in [0.2, 0.25) is 10.1 Å². The van der Waals surface area contributed by atoms with Crippen LogP contribution >= 0.6 is 23.1 Å². The van der Waals surface area contributed by atoms with Crippen LogP contribution in [0.4, 0.5) is 0 Å². The number of amides is 1. The second-order valence-corrected chi connectivity index (χ2v) is 10.9. The fourth-order valence-corrected chi connectivity index (χ4v) is 5.56. The van der Waals surface area contributed by atoms with Crippen LogP contribution < -0.4 is 15.0 Å². The second-order valence-electron chi connectivity index (χ2n) is 8.71. The number of carbonyl (C=O) groups is 1. The lowest BCUT2D eigenvalue weighted by molar-refractivity contribution is -0.114. The molecule has 5 rings (SSSR count). The zero-order chi connectivity index (χ0) is 26.3. The monoisotopic (exact) mass is 537 g/mol. The molecule has 0 aliphatic carbocycles. The lowest BCUT2D eigenvalue weighted by Gasteiger charge is -2.20. The van der Waals surface area contributed by atoms with Gasteiger partial charge < -0.3 is 9.47 Å². The van der Waals surface area contributed by atoms with Gasteiger partial charge in [0, 0.05) is 12.5 Å². The summed E-state index contributed by atoms with van der Waals surface area (Å²) in [6.45, 7) is 6.04. The lowest BCUT2D eigenvalue weighted by atomic mass is 10.1. The first kappa shape index (κ1) is 24.8. The molecule has 4 heterocycles. The average Bonchev–Trinajstić information content (AvgIpc) is 3.42. The third kappa shape index (κ3) is 5.04. The quantitative estimate of drug-likeness (QED) is 0.451. The van der Waals surface area contributed by atoms with E-state index in [4.69, 9.17) is 14.9 Å². The Balaban J connectivity index is 1.36. The van der Waals surface area contributed by atoms with E-state index in [1.165, 1.54) is 45.8 Å². The molecule has 1 aromatic carbocycles. The van der Waals surface area contributed by atoms with Crippen LogP contribution in [0.2, 0.25) is 0 Å². The summed E-state index contributed by atoms with van der Waals surface area (Å²) < 4.78 is 12.6. The van der Waals surface area contributed by atoms with Gasteiger partial charge in [-0.25, -0.2) is 4.98 Å². The van der Waals surface area contributed by atoms with Crippen LogP contribution in [0.5, 0.6) is 11.5 Å². The highest BCUT2D eigenvalue weighted by Crippen LogP contribution is 2.33. The Morgan fingerprint density at radius 2 is 2.00 bits per heavy atom. The molecule has 3 aromatic rings. The maximum absolute atomic E-state index is 12.7. The SMILES string of the molecule is COc1cc(/C=C2\C(=N)N3N=C(CC(C)C)SC3=NC2=O)ccc1OCc1cc(=O)n2nc(C)sc2n1. The van der Waals surface area contributed by atoms with E-state index in [1.807, 2.05) is 6.92 Å². The minimum Gasteiger partial charge on any atom is -0.493 e. The van der Waals surface area contributed by atoms with E-state index in [1.54, 1.807) is 24.3 Å². The van der Waals surface area contributed by atoms with Crippen molar-refractivity contribution < 1.29 is 14.3 Å². The Labute approximate surface area is 220 Å². The number of aliphatic imine (C=N–C) groups is 1.